The van der Waals surface area contributed by atoms with Crippen LogP contribution in [0.4, 0.5) is 0 Å². The van der Waals surface area contributed by atoms with E-state index in [-0.39, 0.29) is 13.2 Å². The lowest BCUT2D eigenvalue weighted by Gasteiger charge is -2.21. The fourth-order valence-corrected chi connectivity index (χ4v) is 4.80. The highest BCUT2D eigenvalue weighted by atomic mass is 16.6. The third kappa shape index (κ3) is 22.6. The SMILES string of the molecule is CCCCCCCCCCCCOC(=O)C(C)(O)C(=O)C(C)O.CCCCCCCCCCCCOC(=O)C(C)(O)C(=O)C(C)O. The van der Waals surface area contributed by atoms with Gasteiger partial charge in [0.15, 0.2) is 0 Å². The molecule has 0 rings (SSSR count). The van der Waals surface area contributed by atoms with Gasteiger partial charge in [-0.15, -0.1) is 0 Å². The Bertz CT molecular complexity index is 739. The molecule has 4 N–H and O–H groups in total. The van der Waals surface area contributed by atoms with E-state index in [0.29, 0.717) is 0 Å². The van der Waals surface area contributed by atoms with Crippen molar-refractivity contribution in [1.29, 1.82) is 0 Å². The summed E-state index contributed by atoms with van der Waals surface area (Å²) in [7, 11) is 0. The maximum Gasteiger partial charge on any atom is 0.345 e. The molecule has 0 aliphatic carbocycles. The summed E-state index contributed by atoms with van der Waals surface area (Å²) < 4.78 is 9.86. The van der Waals surface area contributed by atoms with Gasteiger partial charge in [0, 0.05) is 0 Å². The van der Waals surface area contributed by atoms with Crippen molar-refractivity contribution in [2.24, 2.45) is 0 Å². The Kier molecular flexibility index (Phi) is 28.3. The van der Waals surface area contributed by atoms with Crippen LogP contribution in [0.5, 0.6) is 0 Å². The number of ether oxygens (including phenoxy) is 2. The van der Waals surface area contributed by atoms with Crippen LogP contribution in [0.1, 0.15) is 170 Å². The predicted molar refractivity (Wildman–Crippen MR) is 180 cm³/mol. The van der Waals surface area contributed by atoms with E-state index in [4.69, 9.17) is 19.7 Å². The van der Waals surface area contributed by atoms with Crippen molar-refractivity contribution in [2.45, 2.75) is 193 Å². The molecule has 10 heteroatoms. The highest BCUT2D eigenvalue weighted by Crippen LogP contribution is 2.15. The first-order chi connectivity index (χ1) is 21.7. The normalized spacial score (nSPS) is 15.0. The molecule has 272 valence electrons. The maximum atomic E-state index is 11.7. The summed E-state index contributed by atoms with van der Waals surface area (Å²) in [6, 6.07) is 0. The Morgan fingerprint density at radius 2 is 0.696 bits per heavy atom. The fourth-order valence-electron chi connectivity index (χ4n) is 4.80. The van der Waals surface area contributed by atoms with Gasteiger partial charge in [0.05, 0.1) is 13.2 Å². The molecule has 0 heterocycles. The molecule has 0 saturated heterocycles. The number of rotatable bonds is 28. The van der Waals surface area contributed by atoms with Gasteiger partial charge in [-0.2, -0.15) is 0 Å². The van der Waals surface area contributed by atoms with Crippen LogP contribution in [0.2, 0.25) is 0 Å². The Labute approximate surface area is 279 Å². The van der Waals surface area contributed by atoms with Crippen LogP contribution in [-0.2, 0) is 28.7 Å². The first-order valence-electron chi connectivity index (χ1n) is 17.9. The Hall–Kier alpha value is -1.88. The van der Waals surface area contributed by atoms with E-state index in [1.807, 2.05) is 0 Å². The number of hydrogen-bond acceptors (Lipinski definition) is 10. The molecule has 0 amide bonds. The molecule has 0 aromatic heterocycles. The van der Waals surface area contributed by atoms with Gasteiger partial charge >= 0.3 is 11.9 Å². The molecule has 4 unspecified atom stereocenters. The molecule has 0 aromatic carbocycles. The van der Waals surface area contributed by atoms with Crippen molar-refractivity contribution >= 4 is 23.5 Å². The smallest absolute Gasteiger partial charge is 0.345 e. The summed E-state index contributed by atoms with van der Waals surface area (Å²) in [5, 5.41) is 37.9. The Morgan fingerprint density at radius 1 is 0.478 bits per heavy atom. The van der Waals surface area contributed by atoms with E-state index >= 15 is 0 Å². The highest BCUT2D eigenvalue weighted by molar-refractivity contribution is 6.08. The number of carbonyl (C=O) groups is 4. The third-order valence-electron chi connectivity index (χ3n) is 7.98. The van der Waals surface area contributed by atoms with Crippen molar-refractivity contribution in [3.05, 3.63) is 0 Å². The van der Waals surface area contributed by atoms with E-state index < -0.39 is 46.9 Å². The van der Waals surface area contributed by atoms with Gasteiger partial charge in [-0.25, -0.2) is 9.59 Å². The van der Waals surface area contributed by atoms with Crippen LogP contribution in [0.25, 0.3) is 0 Å². The number of hydrogen-bond donors (Lipinski definition) is 4. The molecular weight excluding hydrogens is 592 g/mol. The summed E-state index contributed by atoms with van der Waals surface area (Å²) in [6.45, 7) is 9.36. The molecular formula is C36H68O10. The fraction of sp³-hybridized carbons (Fsp3) is 0.889. The van der Waals surface area contributed by atoms with Crippen molar-refractivity contribution in [1.82, 2.24) is 0 Å². The zero-order valence-corrected chi connectivity index (χ0v) is 29.9. The predicted octanol–water partition coefficient (Wildman–Crippen LogP) is 6.30. The van der Waals surface area contributed by atoms with E-state index in [1.54, 1.807) is 0 Å². The van der Waals surface area contributed by atoms with Crippen molar-refractivity contribution < 1.29 is 49.1 Å². The number of aliphatic hydroxyl groups is 4. The molecule has 0 aromatic rings. The quantitative estimate of drug-likeness (QED) is 0.0424. The zero-order valence-electron chi connectivity index (χ0n) is 29.9. The largest absolute Gasteiger partial charge is 0.463 e. The molecule has 10 nitrogen and oxygen atoms in total. The number of Topliss-reactive ketones (excluding diaryl/α,β-unsaturated/α-hetero) is 2. The first-order valence-corrected chi connectivity index (χ1v) is 17.9. The molecule has 0 radical (unpaired) electrons. The van der Waals surface area contributed by atoms with Gasteiger partial charge in [-0.05, 0) is 40.5 Å². The number of carbonyl (C=O) groups excluding carboxylic acids is 4. The second-order valence-electron chi connectivity index (χ2n) is 12.9. The summed E-state index contributed by atoms with van der Waals surface area (Å²) in [5.41, 5.74) is -4.54. The summed E-state index contributed by atoms with van der Waals surface area (Å²) in [6.07, 6.45) is 20.8. The minimum Gasteiger partial charge on any atom is -0.463 e. The van der Waals surface area contributed by atoms with Crippen molar-refractivity contribution in [2.75, 3.05) is 13.2 Å². The van der Waals surface area contributed by atoms with Crippen LogP contribution >= 0.6 is 0 Å². The summed E-state index contributed by atoms with van der Waals surface area (Å²) in [5.74, 6) is -3.85. The standard InChI is InChI=1S/2C18H34O5/c2*1-4-5-6-7-8-9-10-11-12-13-14-23-17(21)18(3,22)16(20)15(2)19/h2*15,19,22H,4-14H2,1-3H3. The average Bonchev–Trinajstić information content (AvgIpc) is 3.01. The average molecular weight is 661 g/mol. The Balaban J connectivity index is 0. The molecule has 0 spiro atoms. The number of esters is 2. The van der Waals surface area contributed by atoms with E-state index in [2.05, 4.69) is 13.8 Å². The van der Waals surface area contributed by atoms with Gasteiger partial charge in [0.25, 0.3) is 0 Å². The number of ketones is 2. The van der Waals surface area contributed by atoms with E-state index in [0.717, 1.165) is 52.4 Å². The van der Waals surface area contributed by atoms with Crippen LogP contribution in [-0.4, -0.2) is 80.6 Å². The second kappa shape index (κ2) is 28.2. The topological polar surface area (TPSA) is 168 Å². The lowest BCUT2D eigenvalue weighted by molar-refractivity contribution is -0.172. The van der Waals surface area contributed by atoms with Crippen LogP contribution < -0.4 is 0 Å². The van der Waals surface area contributed by atoms with Gasteiger partial charge < -0.3 is 29.9 Å². The molecule has 0 bridgehead atoms. The number of aliphatic hydroxyl groups excluding tert-OH is 2. The van der Waals surface area contributed by atoms with Gasteiger partial charge in [-0.3, -0.25) is 9.59 Å². The minimum absolute atomic E-state index is 0.193. The minimum atomic E-state index is -2.27. The van der Waals surface area contributed by atoms with Crippen molar-refractivity contribution in [3.8, 4) is 0 Å². The summed E-state index contributed by atoms with van der Waals surface area (Å²) >= 11 is 0. The van der Waals surface area contributed by atoms with Crippen LogP contribution in [0.3, 0.4) is 0 Å². The molecule has 46 heavy (non-hydrogen) atoms. The van der Waals surface area contributed by atoms with Crippen molar-refractivity contribution in [3.63, 3.8) is 0 Å². The first kappa shape index (κ1) is 46.2. The zero-order chi connectivity index (χ0) is 35.4. The summed E-state index contributed by atoms with van der Waals surface area (Å²) in [4.78, 5) is 46.3. The Morgan fingerprint density at radius 3 is 0.913 bits per heavy atom. The molecule has 0 saturated carbocycles. The van der Waals surface area contributed by atoms with Gasteiger partial charge in [0.2, 0.25) is 22.8 Å². The van der Waals surface area contributed by atoms with Crippen LogP contribution in [0.15, 0.2) is 0 Å². The number of unbranched alkanes of at least 4 members (excludes halogenated alkanes) is 18. The molecule has 0 fully saturated rings. The maximum absolute atomic E-state index is 11.7. The van der Waals surface area contributed by atoms with Gasteiger partial charge in [0.1, 0.15) is 12.2 Å². The van der Waals surface area contributed by atoms with Crippen LogP contribution in [0, 0.1) is 0 Å². The lowest BCUT2D eigenvalue weighted by Crippen LogP contribution is -2.49. The van der Waals surface area contributed by atoms with Gasteiger partial charge in [-0.1, -0.05) is 129 Å². The monoisotopic (exact) mass is 660 g/mol. The molecule has 0 aliphatic heterocycles. The van der Waals surface area contributed by atoms with E-state index in [9.17, 15) is 29.4 Å². The third-order valence-corrected chi connectivity index (χ3v) is 7.98. The van der Waals surface area contributed by atoms with E-state index in [1.165, 1.54) is 104 Å². The molecule has 4 atom stereocenters. The lowest BCUT2D eigenvalue weighted by atomic mass is 9.97. The highest BCUT2D eigenvalue weighted by Gasteiger charge is 2.43. The molecule has 0 aliphatic rings. The second-order valence-corrected chi connectivity index (χ2v) is 12.9.